The molecule has 0 saturated carbocycles. The van der Waals surface area contributed by atoms with Crippen LogP contribution in [0.5, 0.6) is 5.75 Å². The van der Waals surface area contributed by atoms with Gasteiger partial charge in [-0.05, 0) is 50.7 Å². The number of hydrogen-bond donors (Lipinski definition) is 1. The molecule has 1 aromatic carbocycles. The molecule has 1 rings (SSSR count). The fraction of sp³-hybridized carbons (Fsp3) is 0.625. The summed E-state index contributed by atoms with van der Waals surface area (Å²) in [4.78, 5) is 2.12. The van der Waals surface area contributed by atoms with E-state index >= 15 is 0 Å². The van der Waals surface area contributed by atoms with Crippen LogP contribution in [0.4, 0.5) is 0 Å². The van der Waals surface area contributed by atoms with E-state index in [-0.39, 0.29) is 0 Å². The quantitative estimate of drug-likeness (QED) is 0.694. The van der Waals surface area contributed by atoms with Gasteiger partial charge in [-0.2, -0.15) is 0 Å². The van der Waals surface area contributed by atoms with Gasteiger partial charge in [0.05, 0.1) is 0 Å². The molecule has 0 aliphatic rings. The molecule has 0 radical (unpaired) electrons. The van der Waals surface area contributed by atoms with Gasteiger partial charge in [0.1, 0.15) is 12.4 Å². The molecule has 0 bridgehead atoms. The molecular weight excluding hydrogens is 236 g/mol. The Kier molecular flexibility index (Phi) is 7.53. The maximum atomic E-state index is 5.73. The van der Waals surface area contributed by atoms with Crippen molar-refractivity contribution >= 4 is 0 Å². The van der Waals surface area contributed by atoms with E-state index in [4.69, 9.17) is 4.74 Å². The van der Waals surface area contributed by atoms with Crippen molar-refractivity contribution < 1.29 is 4.74 Å². The standard InChI is InChI=1S/C16H28N2O/c1-14(2)8-9-17-13-15-6-5-7-16(12-15)19-11-10-18(3)4/h5-7,12,14,17H,8-11,13H2,1-4H3. The molecule has 0 spiro atoms. The Balaban J connectivity index is 2.31. The summed E-state index contributed by atoms with van der Waals surface area (Å²) in [6.45, 7) is 8.16. The molecule has 0 fully saturated rings. The predicted octanol–water partition coefficient (Wildman–Crippen LogP) is 2.76. The Bertz CT molecular complexity index is 350. The molecule has 3 nitrogen and oxygen atoms in total. The van der Waals surface area contributed by atoms with Crippen molar-refractivity contribution in [3.8, 4) is 5.75 Å². The zero-order valence-corrected chi connectivity index (χ0v) is 12.8. The summed E-state index contributed by atoms with van der Waals surface area (Å²) < 4.78 is 5.73. The maximum Gasteiger partial charge on any atom is 0.119 e. The first-order valence-electron chi connectivity index (χ1n) is 7.15. The molecule has 1 N–H and O–H groups in total. The van der Waals surface area contributed by atoms with Crippen LogP contribution in [0.3, 0.4) is 0 Å². The van der Waals surface area contributed by atoms with E-state index in [9.17, 15) is 0 Å². The van der Waals surface area contributed by atoms with Gasteiger partial charge in [0.15, 0.2) is 0 Å². The van der Waals surface area contributed by atoms with Crippen molar-refractivity contribution in [1.29, 1.82) is 0 Å². The van der Waals surface area contributed by atoms with Crippen LogP contribution in [0.2, 0.25) is 0 Å². The summed E-state index contributed by atoms with van der Waals surface area (Å²) in [5.74, 6) is 1.72. The summed E-state index contributed by atoms with van der Waals surface area (Å²) >= 11 is 0. The van der Waals surface area contributed by atoms with Crippen LogP contribution >= 0.6 is 0 Å². The monoisotopic (exact) mass is 264 g/mol. The second kappa shape index (κ2) is 8.94. The van der Waals surface area contributed by atoms with Crippen LogP contribution in [-0.4, -0.2) is 38.7 Å². The average Bonchev–Trinajstić information content (AvgIpc) is 2.34. The normalized spacial score (nSPS) is 11.3. The van der Waals surface area contributed by atoms with Gasteiger partial charge in [-0.1, -0.05) is 26.0 Å². The van der Waals surface area contributed by atoms with Crippen molar-refractivity contribution in [2.45, 2.75) is 26.8 Å². The second-order valence-corrected chi connectivity index (χ2v) is 5.66. The fourth-order valence-corrected chi connectivity index (χ4v) is 1.71. The Labute approximate surface area is 118 Å². The Morgan fingerprint density at radius 2 is 2.05 bits per heavy atom. The number of hydrogen-bond acceptors (Lipinski definition) is 3. The molecule has 3 heteroatoms. The number of nitrogens with one attached hydrogen (secondary N) is 1. The minimum Gasteiger partial charge on any atom is -0.492 e. The summed E-state index contributed by atoms with van der Waals surface area (Å²) in [5.41, 5.74) is 1.28. The largest absolute Gasteiger partial charge is 0.492 e. The highest BCUT2D eigenvalue weighted by molar-refractivity contribution is 5.28. The molecule has 0 aliphatic heterocycles. The van der Waals surface area contributed by atoms with Gasteiger partial charge in [-0.25, -0.2) is 0 Å². The Morgan fingerprint density at radius 3 is 2.74 bits per heavy atom. The maximum absolute atomic E-state index is 5.73. The third-order valence-electron chi connectivity index (χ3n) is 2.93. The molecule has 19 heavy (non-hydrogen) atoms. The molecule has 0 unspecified atom stereocenters. The first-order valence-corrected chi connectivity index (χ1v) is 7.15. The Hall–Kier alpha value is -1.06. The van der Waals surface area contributed by atoms with Gasteiger partial charge < -0.3 is 15.0 Å². The molecular formula is C16H28N2O. The van der Waals surface area contributed by atoms with E-state index in [1.165, 1.54) is 12.0 Å². The topological polar surface area (TPSA) is 24.5 Å². The third-order valence-corrected chi connectivity index (χ3v) is 2.93. The van der Waals surface area contributed by atoms with Gasteiger partial charge >= 0.3 is 0 Å². The minimum atomic E-state index is 0.733. The van der Waals surface area contributed by atoms with Crippen LogP contribution in [0.1, 0.15) is 25.8 Å². The lowest BCUT2D eigenvalue weighted by atomic mass is 10.1. The van der Waals surface area contributed by atoms with Crippen molar-refractivity contribution in [1.82, 2.24) is 10.2 Å². The SMILES string of the molecule is CC(C)CCNCc1cccc(OCCN(C)C)c1. The summed E-state index contributed by atoms with van der Waals surface area (Å²) in [5, 5.41) is 3.47. The summed E-state index contributed by atoms with van der Waals surface area (Å²) in [6, 6.07) is 8.34. The van der Waals surface area contributed by atoms with Crippen LogP contribution < -0.4 is 10.1 Å². The van der Waals surface area contributed by atoms with Gasteiger partial charge in [0, 0.05) is 13.1 Å². The summed E-state index contributed by atoms with van der Waals surface area (Å²) in [7, 11) is 4.11. The van der Waals surface area contributed by atoms with E-state index in [1.807, 2.05) is 6.07 Å². The van der Waals surface area contributed by atoms with E-state index in [0.29, 0.717) is 0 Å². The molecule has 0 atom stereocenters. The summed E-state index contributed by atoms with van der Waals surface area (Å²) in [6.07, 6.45) is 1.22. The first-order chi connectivity index (χ1) is 9.08. The molecule has 0 aliphatic carbocycles. The van der Waals surface area contributed by atoms with Gasteiger partial charge in [0.2, 0.25) is 0 Å². The van der Waals surface area contributed by atoms with Crippen molar-refractivity contribution in [3.05, 3.63) is 29.8 Å². The molecule has 0 amide bonds. The van der Waals surface area contributed by atoms with Gasteiger partial charge in [0.25, 0.3) is 0 Å². The first kappa shape index (κ1) is 16.0. The lowest BCUT2D eigenvalue weighted by molar-refractivity contribution is 0.261. The van der Waals surface area contributed by atoms with Gasteiger partial charge in [-0.15, -0.1) is 0 Å². The highest BCUT2D eigenvalue weighted by Crippen LogP contribution is 2.13. The van der Waals surface area contributed by atoms with Crippen molar-refractivity contribution in [2.75, 3.05) is 33.8 Å². The Morgan fingerprint density at radius 1 is 1.26 bits per heavy atom. The molecule has 108 valence electrons. The smallest absolute Gasteiger partial charge is 0.119 e. The fourth-order valence-electron chi connectivity index (χ4n) is 1.71. The van der Waals surface area contributed by atoms with Crippen LogP contribution in [0, 0.1) is 5.92 Å². The highest BCUT2D eigenvalue weighted by Gasteiger charge is 1.99. The van der Waals surface area contributed by atoms with Crippen LogP contribution in [-0.2, 0) is 6.54 Å². The third kappa shape index (κ3) is 7.85. The lowest BCUT2D eigenvalue weighted by Crippen LogP contribution is -2.19. The number of rotatable bonds is 9. The van der Waals surface area contributed by atoms with Crippen molar-refractivity contribution in [2.24, 2.45) is 5.92 Å². The predicted molar refractivity (Wildman–Crippen MR) is 81.7 cm³/mol. The van der Waals surface area contributed by atoms with Gasteiger partial charge in [-0.3, -0.25) is 0 Å². The second-order valence-electron chi connectivity index (χ2n) is 5.66. The molecule has 0 saturated heterocycles. The number of nitrogens with zero attached hydrogens (tertiary/aromatic N) is 1. The van der Waals surface area contributed by atoms with Crippen LogP contribution in [0.15, 0.2) is 24.3 Å². The minimum absolute atomic E-state index is 0.733. The average molecular weight is 264 g/mol. The zero-order chi connectivity index (χ0) is 14.1. The van der Waals surface area contributed by atoms with E-state index in [2.05, 4.69) is 56.4 Å². The molecule has 0 aromatic heterocycles. The zero-order valence-electron chi connectivity index (χ0n) is 12.8. The number of likely N-dealkylation sites (N-methyl/N-ethyl adjacent to an activating group) is 1. The highest BCUT2D eigenvalue weighted by atomic mass is 16.5. The number of ether oxygens (including phenoxy) is 1. The molecule has 1 aromatic rings. The van der Waals surface area contributed by atoms with E-state index < -0.39 is 0 Å². The van der Waals surface area contributed by atoms with E-state index in [0.717, 1.165) is 37.9 Å². The molecule has 0 heterocycles. The van der Waals surface area contributed by atoms with Crippen LogP contribution in [0.25, 0.3) is 0 Å². The van der Waals surface area contributed by atoms with Crippen molar-refractivity contribution in [3.63, 3.8) is 0 Å². The number of benzene rings is 1. The van der Waals surface area contributed by atoms with E-state index in [1.54, 1.807) is 0 Å². The lowest BCUT2D eigenvalue weighted by Gasteiger charge is -2.12.